The fourth-order valence-corrected chi connectivity index (χ4v) is 14.9. The molecule has 105 heavy (non-hydrogen) atoms. The van der Waals surface area contributed by atoms with Crippen molar-refractivity contribution in [2.45, 2.75) is 478 Å². The molecule has 3 aliphatic rings. The van der Waals surface area contributed by atoms with E-state index in [0.717, 1.165) is 38.5 Å². The largest absolute Gasteiger partial charge is 0.394 e. The Labute approximate surface area is 638 Å². The van der Waals surface area contributed by atoms with E-state index in [2.05, 4.69) is 43.5 Å². The maximum Gasteiger partial charge on any atom is 0.220 e. The number of ether oxygens (including phenoxy) is 6. The molecule has 19 nitrogen and oxygen atoms in total. The number of hydrogen-bond acceptors (Lipinski definition) is 18. The number of carbonyl (C=O) groups excluding carboxylic acids is 1. The molecule has 17 unspecified atom stereocenters. The van der Waals surface area contributed by atoms with Gasteiger partial charge in [0.25, 0.3) is 0 Å². The van der Waals surface area contributed by atoms with E-state index in [0.29, 0.717) is 12.8 Å². The fourth-order valence-electron chi connectivity index (χ4n) is 14.9. The van der Waals surface area contributed by atoms with Crippen LogP contribution in [0.3, 0.4) is 0 Å². The second-order valence-corrected chi connectivity index (χ2v) is 31.3. The Morgan fingerprint density at radius 3 is 0.952 bits per heavy atom. The first-order chi connectivity index (χ1) is 51.3. The minimum Gasteiger partial charge on any atom is -0.394 e. The van der Waals surface area contributed by atoms with Gasteiger partial charge in [0, 0.05) is 6.42 Å². The molecule has 0 radical (unpaired) electrons. The van der Waals surface area contributed by atoms with Gasteiger partial charge in [0.2, 0.25) is 5.91 Å². The average molecular weight is 1500 g/mol. The van der Waals surface area contributed by atoms with E-state index < -0.39 is 124 Å². The van der Waals surface area contributed by atoms with Crippen molar-refractivity contribution in [2.75, 3.05) is 26.4 Å². The molecule has 3 saturated heterocycles. The molecule has 1 amide bonds. The summed E-state index contributed by atoms with van der Waals surface area (Å²) >= 11 is 0. The lowest BCUT2D eigenvalue weighted by Crippen LogP contribution is -2.66. The van der Waals surface area contributed by atoms with Gasteiger partial charge in [0.15, 0.2) is 18.9 Å². The molecule has 0 aromatic carbocycles. The average Bonchev–Trinajstić information content (AvgIpc) is 0.780. The number of amides is 1. The van der Waals surface area contributed by atoms with Crippen molar-refractivity contribution in [3.8, 4) is 0 Å². The molecule has 3 fully saturated rings. The first-order valence-corrected chi connectivity index (χ1v) is 43.7. The molecule has 618 valence electrons. The van der Waals surface area contributed by atoms with Gasteiger partial charge in [-0.1, -0.05) is 346 Å². The summed E-state index contributed by atoms with van der Waals surface area (Å²) in [7, 11) is 0. The molecule has 0 aromatic heterocycles. The normalized spacial score (nSPS) is 25.9. The van der Waals surface area contributed by atoms with Crippen LogP contribution >= 0.6 is 0 Å². The number of hydrogen-bond donors (Lipinski definition) is 12. The van der Waals surface area contributed by atoms with Gasteiger partial charge in [-0.3, -0.25) is 4.79 Å². The van der Waals surface area contributed by atoms with Crippen molar-refractivity contribution >= 4 is 5.91 Å². The van der Waals surface area contributed by atoms with Crippen molar-refractivity contribution in [2.24, 2.45) is 0 Å². The third kappa shape index (κ3) is 46.0. The maximum absolute atomic E-state index is 13.5. The summed E-state index contributed by atoms with van der Waals surface area (Å²) < 4.78 is 34.5. The summed E-state index contributed by atoms with van der Waals surface area (Å²) in [6.07, 6.45) is 57.3. The summed E-state index contributed by atoms with van der Waals surface area (Å²) in [6, 6.07) is -0.990. The zero-order valence-corrected chi connectivity index (χ0v) is 66.5. The monoisotopic (exact) mass is 1500 g/mol. The number of unbranched alkanes of at least 4 members (excludes halogenated alkanes) is 51. The van der Waals surface area contributed by atoms with Crippen molar-refractivity contribution in [1.82, 2.24) is 5.32 Å². The summed E-state index contributed by atoms with van der Waals surface area (Å²) in [5.74, 6) is -0.277. The molecule has 3 aliphatic heterocycles. The number of aliphatic hydroxyl groups is 11. The molecule has 0 aromatic rings. The van der Waals surface area contributed by atoms with Crippen LogP contribution in [0.15, 0.2) is 36.5 Å². The maximum atomic E-state index is 13.5. The molecule has 19 heteroatoms. The Hall–Kier alpha value is -1.99. The van der Waals surface area contributed by atoms with Gasteiger partial charge in [-0.05, 0) is 57.8 Å². The lowest BCUT2D eigenvalue weighted by molar-refractivity contribution is -0.379. The first kappa shape index (κ1) is 97.2. The Balaban J connectivity index is 1.35. The van der Waals surface area contributed by atoms with E-state index in [1.165, 1.54) is 302 Å². The summed E-state index contributed by atoms with van der Waals surface area (Å²) in [5, 5.41) is 121. The van der Waals surface area contributed by atoms with Crippen LogP contribution in [0.25, 0.3) is 0 Å². The van der Waals surface area contributed by atoms with Crippen LogP contribution in [0.5, 0.6) is 0 Å². The number of allylic oxidation sites excluding steroid dienone is 5. The van der Waals surface area contributed by atoms with Crippen LogP contribution in [0.4, 0.5) is 0 Å². The topological polar surface area (TPSA) is 307 Å². The van der Waals surface area contributed by atoms with Gasteiger partial charge in [-0.15, -0.1) is 0 Å². The molecule has 0 aliphatic carbocycles. The first-order valence-electron chi connectivity index (χ1n) is 43.7. The highest BCUT2D eigenvalue weighted by Gasteiger charge is 2.54. The molecule has 3 rings (SSSR count). The van der Waals surface area contributed by atoms with Crippen molar-refractivity contribution in [3.05, 3.63) is 36.5 Å². The summed E-state index contributed by atoms with van der Waals surface area (Å²) in [4.78, 5) is 13.5. The SMILES string of the molecule is CCCCCCCCCC/C=C\CCCCCCCCCCCCCCCCCCCCCCCC(=O)NC(COC1OC(CO)C(OC2OC(CO)C(OC3OC(CO)C(O)C(O)C3O)C(O)C2O)C(O)C1O)C(O)/C=C/CC/C=C/CCCCCCCCCCCCCCCCCCCCCCC. The number of carbonyl (C=O) groups is 1. The third-order valence-electron chi connectivity index (χ3n) is 21.9. The van der Waals surface area contributed by atoms with Crippen molar-refractivity contribution in [1.29, 1.82) is 0 Å². The van der Waals surface area contributed by atoms with E-state index in [-0.39, 0.29) is 18.9 Å². The van der Waals surface area contributed by atoms with E-state index >= 15 is 0 Å². The van der Waals surface area contributed by atoms with Gasteiger partial charge >= 0.3 is 0 Å². The summed E-state index contributed by atoms with van der Waals surface area (Å²) in [5.41, 5.74) is 0. The number of nitrogens with one attached hydrogen (secondary N) is 1. The van der Waals surface area contributed by atoms with E-state index in [9.17, 15) is 61.0 Å². The quantitative estimate of drug-likeness (QED) is 0.0199. The van der Waals surface area contributed by atoms with Gasteiger partial charge in [-0.2, -0.15) is 0 Å². The van der Waals surface area contributed by atoms with Crippen molar-refractivity contribution in [3.63, 3.8) is 0 Å². The lowest BCUT2D eigenvalue weighted by Gasteiger charge is -2.48. The lowest BCUT2D eigenvalue weighted by atomic mass is 9.96. The molecule has 3 heterocycles. The summed E-state index contributed by atoms with van der Waals surface area (Å²) in [6.45, 7) is 1.78. The Morgan fingerprint density at radius 1 is 0.333 bits per heavy atom. The van der Waals surface area contributed by atoms with Crippen LogP contribution in [-0.4, -0.2) is 193 Å². The number of rotatable bonds is 71. The zero-order chi connectivity index (χ0) is 76.0. The minimum absolute atomic E-state index is 0.240. The smallest absolute Gasteiger partial charge is 0.220 e. The van der Waals surface area contributed by atoms with Crippen molar-refractivity contribution < 1.29 is 89.4 Å². The number of aliphatic hydroxyl groups excluding tert-OH is 11. The molecule has 17 atom stereocenters. The molecule has 0 spiro atoms. The van der Waals surface area contributed by atoms with Crippen LogP contribution in [0, 0.1) is 0 Å². The fraction of sp³-hybridized carbons (Fsp3) is 0.919. The molecular formula is C86H161NO18. The second-order valence-electron chi connectivity index (χ2n) is 31.3. The minimum atomic E-state index is -1.98. The van der Waals surface area contributed by atoms with E-state index in [4.69, 9.17) is 28.4 Å². The molecule has 0 bridgehead atoms. The standard InChI is InChI=1S/C86H161NO18/c1-3-5-7-9-11-13-15-17-19-21-23-25-27-29-31-32-33-34-35-36-38-40-42-44-46-48-50-52-54-56-58-60-62-64-74(92)87-69(70(91)63-61-59-57-55-53-51-49-47-45-43-41-39-37-30-28-26-24-22-20-18-16-14-12-10-8-6-4-2)68-100-84-80(98)77(95)82(72(66-89)102-84)105-86-81(99)78(96)83(73(67-90)103-86)104-85-79(97)76(94)75(93)71(65-88)101-85/h21,23,53,55,61,63,69-73,75-86,88-91,93-99H,3-20,22,24-52,54,56-60,62,64-68H2,1-2H3,(H,87,92)/b23-21-,55-53+,63-61+. The Bertz CT molecular complexity index is 2030. The molecule has 0 saturated carbocycles. The predicted molar refractivity (Wildman–Crippen MR) is 420 cm³/mol. The predicted octanol–water partition coefficient (Wildman–Crippen LogP) is 15.9. The van der Waals surface area contributed by atoms with E-state index in [1.54, 1.807) is 6.08 Å². The Kier molecular flexibility index (Phi) is 61.7. The second kappa shape index (κ2) is 66.6. The van der Waals surface area contributed by atoms with E-state index in [1.807, 2.05) is 6.08 Å². The van der Waals surface area contributed by atoms with Crippen LogP contribution in [0.2, 0.25) is 0 Å². The zero-order valence-electron chi connectivity index (χ0n) is 66.5. The highest BCUT2D eigenvalue weighted by Crippen LogP contribution is 2.33. The highest BCUT2D eigenvalue weighted by molar-refractivity contribution is 5.76. The Morgan fingerprint density at radius 2 is 0.610 bits per heavy atom. The van der Waals surface area contributed by atoms with Gasteiger partial charge in [-0.25, -0.2) is 0 Å². The van der Waals surface area contributed by atoms with Gasteiger partial charge in [0.1, 0.15) is 73.2 Å². The van der Waals surface area contributed by atoms with Crippen LogP contribution in [-0.2, 0) is 33.2 Å². The van der Waals surface area contributed by atoms with Crippen LogP contribution in [0.1, 0.15) is 373 Å². The van der Waals surface area contributed by atoms with Gasteiger partial charge < -0.3 is 89.9 Å². The third-order valence-corrected chi connectivity index (χ3v) is 21.9. The van der Waals surface area contributed by atoms with Gasteiger partial charge in [0.05, 0.1) is 38.6 Å². The molecular weight excluding hydrogens is 1330 g/mol. The highest BCUT2D eigenvalue weighted by atomic mass is 16.8. The van der Waals surface area contributed by atoms with Crippen LogP contribution < -0.4 is 5.32 Å². The molecule has 12 N–H and O–H groups in total.